The summed E-state index contributed by atoms with van der Waals surface area (Å²) in [4.78, 5) is 149. The summed E-state index contributed by atoms with van der Waals surface area (Å²) in [5, 5.41) is 54.0. The predicted octanol–water partition coefficient (Wildman–Crippen LogP) is 8.42. The summed E-state index contributed by atoms with van der Waals surface area (Å²) >= 11 is 6.94. The topological polar surface area (TPSA) is 386 Å². The van der Waals surface area contributed by atoms with Crippen LogP contribution in [0.1, 0.15) is 148 Å². The number of oxazole rings is 1. The lowest BCUT2D eigenvalue weighted by atomic mass is 9.81. The first-order valence-electron chi connectivity index (χ1n) is 28.9. The van der Waals surface area contributed by atoms with Crippen molar-refractivity contribution in [3.8, 4) is 43.4 Å². The summed E-state index contributed by atoms with van der Waals surface area (Å²) < 4.78 is 10.9. The molecule has 0 saturated heterocycles. The minimum absolute atomic E-state index is 0.0182. The number of aliphatic carboxylic acids is 1. The van der Waals surface area contributed by atoms with Crippen LogP contribution in [0.5, 0.6) is 0 Å². The fourth-order valence-corrected chi connectivity index (χ4v) is 16.0. The number of amides is 6. The molecule has 4 atom stereocenters. The number of ether oxygens (including phenoxy) is 1. The highest BCUT2D eigenvalue weighted by Crippen LogP contribution is 2.41. The lowest BCUT2D eigenvalue weighted by molar-refractivity contribution is -0.144. The third-order valence-corrected chi connectivity index (χ3v) is 21.0. The number of carboxylic acids is 2. The van der Waals surface area contributed by atoms with Gasteiger partial charge in [-0.25, -0.2) is 44.7 Å². The van der Waals surface area contributed by atoms with Gasteiger partial charge in [-0.1, -0.05) is 44.2 Å². The van der Waals surface area contributed by atoms with E-state index in [1.807, 2.05) is 13.8 Å². The molecule has 0 unspecified atom stereocenters. The van der Waals surface area contributed by atoms with Gasteiger partial charge in [-0.2, -0.15) is 0 Å². The molecule has 1 saturated carbocycles. The van der Waals surface area contributed by atoms with Crippen LogP contribution >= 0.6 is 68.0 Å². The Morgan fingerprint density at radius 3 is 2.13 bits per heavy atom. The minimum atomic E-state index is -1.35. The number of benzene rings is 1. The number of thiazole rings is 6. The first-order chi connectivity index (χ1) is 44.7. The Morgan fingerprint density at radius 1 is 0.710 bits per heavy atom. The molecule has 1 fully saturated rings. The van der Waals surface area contributed by atoms with Crippen LogP contribution in [0.25, 0.3) is 43.4 Å². The van der Waals surface area contributed by atoms with Gasteiger partial charge in [0.15, 0.2) is 0 Å². The number of carbonyl (C=O) groups is 8. The molecule has 11 rings (SSSR count). The summed E-state index contributed by atoms with van der Waals surface area (Å²) in [6.45, 7) is 4.58. The molecule has 2 aliphatic rings. The first-order valence-corrected chi connectivity index (χ1v) is 34.0. The maximum Gasteiger partial charge on any atom is 0.373 e. The smallest absolute Gasteiger partial charge is 0.373 e. The number of aromatic nitrogens is 8. The third-order valence-electron chi connectivity index (χ3n) is 15.3. The van der Waals surface area contributed by atoms with E-state index in [9.17, 15) is 53.7 Å². The highest BCUT2D eigenvalue weighted by Gasteiger charge is 2.36. The number of hydrogen-bond donors (Lipinski definition) is 8. The molecule has 8 aromatic heterocycles. The molecular weight excluding hydrogens is 1320 g/mol. The van der Waals surface area contributed by atoms with Gasteiger partial charge < -0.3 is 51.1 Å². The van der Waals surface area contributed by atoms with Crippen LogP contribution in [0.4, 0.5) is 5.82 Å². The molecule has 0 spiro atoms. The number of hydrogen-bond acceptors (Lipinski definition) is 25. The zero-order chi connectivity index (χ0) is 65.8. The molecule has 33 heteroatoms. The van der Waals surface area contributed by atoms with Crippen LogP contribution in [-0.2, 0) is 37.1 Å². The molecule has 0 radical (unpaired) electrons. The van der Waals surface area contributed by atoms with Crippen molar-refractivity contribution in [1.82, 2.24) is 66.5 Å². The summed E-state index contributed by atoms with van der Waals surface area (Å²) in [6, 6.07) is 9.20. The van der Waals surface area contributed by atoms with Gasteiger partial charge in [-0.15, -0.1) is 68.0 Å². The number of nitrogens with one attached hydrogen (secondary N) is 5. The lowest BCUT2D eigenvalue weighted by Crippen LogP contribution is -2.40. The SMILES string of the molecule is CNC(=O)C[C@@H]1NC(=O)c2csc(n2)-c2ccc(-c3nc(N(Cc4ncc(C(=O)O)o4)C(=O)C4CCC(C(=O)O)CC4)cs3)nc2-c2csc(n2)-c2csc(n2)[C@H]([C@@H](O)c2ccccc2)NC(=O)CNC(=O)c2nc(sc2COC)[C@H](C(C)C)NC(=O)c2nc1sc2C. The average Bonchev–Trinajstić information content (AvgIpc) is 1.72. The van der Waals surface area contributed by atoms with Gasteiger partial charge in [-0.3, -0.25) is 38.5 Å². The summed E-state index contributed by atoms with van der Waals surface area (Å²) in [7, 11) is 2.91. The molecule has 10 bridgehead atoms. The van der Waals surface area contributed by atoms with E-state index in [1.54, 1.807) is 70.9 Å². The summed E-state index contributed by atoms with van der Waals surface area (Å²) in [5.74, 6) is -7.48. The van der Waals surface area contributed by atoms with Crippen LogP contribution in [-0.4, -0.2) is 123 Å². The van der Waals surface area contributed by atoms with E-state index in [4.69, 9.17) is 44.0 Å². The van der Waals surface area contributed by atoms with Crippen molar-refractivity contribution < 1.29 is 62.8 Å². The van der Waals surface area contributed by atoms with E-state index in [0.29, 0.717) is 75.8 Å². The molecule has 1 aromatic carbocycles. The Balaban J connectivity index is 0.988. The van der Waals surface area contributed by atoms with Crippen LogP contribution in [0, 0.1) is 24.7 Å². The summed E-state index contributed by atoms with van der Waals surface area (Å²) in [6.07, 6.45) is 0.623. The van der Waals surface area contributed by atoms with Crippen LogP contribution in [0.3, 0.4) is 0 Å². The van der Waals surface area contributed by atoms with Gasteiger partial charge in [0.1, 0.15) is 88.7 Å². The lowest BCUT2D eigenvalue weighted by Gasteiger charge is -2.29. The number of nitrogens with zero attached hydrogens (tertiary/aromatic N) is 9. The second kappa shape index (κ2) is 28.5. The van der Waals surface area contributed by atoms with Crippen molar-refractivity contribution in [2.24, 2.45) is 17.8 Å². The number of carbonyl (C=O) groups excluding carboxylic acids is 6. The van der Waals surface area contributed by atoms with Crippen molar-refractivity contribution >= 4 is 121 Å². The first kappa shape index (κ1) is 65.5. The molecule has 27 nitrogen and oxygen atoms in total. The van der Waals surface area contributed by atoms with Crippen LogP contribution < -0.4 is 31.5 Å². The van der Waals surface area contributed by atoms with Gasteiger partial charge in [-0.05, 0) is 56.2 Å². The monoisotopic (exact) mass is 1370 g/mol. The zero-order valence-corrected chi connectivity index (χ0v) is 54.9. The normalized spacial score (nSPS) is 18.4. The number of aliphatic hydroxyl groups excluding tert-OH is 1. The Labute approximate surface area is 553 Å². The van der Waals surface area contributed by atoms with E-state index in [1.165, 1.54) is 30.4 Å². The number of methoxy groups -OCH3 is 1. The molecular formula is C60H58N14O13S6. The quantitative estimate of drug-likeness (QED) is 0.0506. The van der Waals surface area contributed by atoms with Crippen molar-refractivity contribution in [3.63, 3.8) is 0 Å². The molecule has 6 amide bonds. The van der Waals surface area contributed by atoms with Gasteiger partial charge in [0.2, 0.25) is 29.4 Å². The van der Waals surface area contributed by atoms with Crippen LogP contribution in [0.15, 0.2) is 74.6 Å². The predicted molar refractivity (Wildman–Crippen MR) is 345 cm³/mol. The summed E-state index contributed by atoms with van der Waals surface area (Å²) in [5.41, 5.74) is 2.23. The fourth-order valence-electron chi connectivity index (χ4n) is 10.4. The molecule has 1 aliphatic heterocycles. The highest BCUT2D eigenvalue weighted by molar-refractivity contribution is 7.15. The van der Waals surface area contributed by atoms with Crippen molar-refractivity contribution in [2.75, 3.05) is 25.6 Å². The molecule has 93 heavy (non-hydrogen) atoms. The van der Waals surface area contributed by atoms with Crippen molar-refractivity contribution in [2.45, 2.75) is 90.3 Å². The Morgan fingerprint density at radius 2 is 1.41 bits per heavy atom. The second-order valence-electron chi connectivity index (χ2n) is 21.9. The largest absolute Gasteiger partial charge is 0.481 e. The van der Waals surface area contributed by atoms with E-state index < -0.39 is 89.8 Å². The minimum Gasteiger partial charge on any atom is -0.481 e. The van der Waals surface area contributed by atoms with E-state index in [0.717, 1.165) is 62.9 Å². The fraction of sp³-hybridized carbons (Fsp3) is 0.333. The highest BCUT2D eigenvalue weighted by atomic mass is 32.1. The molecule has 1 aliphatic carbocycles. The molecule has 9 heterocycles. The van der Waals surface area contributed by atoms with Gasteiger partial charge in [0, 0.05) is 52.0 Å². The Kier molecular flexibility index (Phi) is 20.1. The number of pyridine rings is 1. The number of rotatable bonds is 14. The van der Waals surface area contributed by atoms with Gasteiger partial charge >= 0.3 is 11.9 Å². The Hall–Kier alpha value is -8.96. The van der Waals surface area contributed by atoms with Crippen molar-refractivity contribution in [3.05, 3.63) is 129 Å². The van der Waals surface area contributed by atoms with E-state index in [-0.39, 0.29) is 83.7 Å². The molecule has 8 N–H and O–H groups in total. The maximum atomic E-state index is 14.5. The molecule has 482 valence electrons. The Bertz CT molecular complexity index is 4300. The number of aliphatic hydroxyl groups is 1. The zero-order valence-electron chi connectivity index (χ0n) is 50.0. The van der Waals surface area contributed by atoms with E-state index in [2.05, 4.69) is 31.6 Å². The molecule has 9 aromatic rings. The van der Waals surface area contributed by atoms with Crippen LogP contribution in [0.2, 0.25) is 0 Å². The van der Waals surface area contributed by atoms with Gasteiger partial charge in [0.25, 0.3) is 17.7 Å². The van der Waals surface area contributed by atoms with E-state index >= 15 is 0 Å². The third kappa shape index (κ3) is 14.6. The average molecular weight is 1380 g/mol. The number of aryl methyl sites for hydroxylation is 1. The number of aromatic carboxylic acids is 1. The standard InChI is InChI=1S/C60H58N14O13S6/c1-26(2)43-57-73-46(38(93-57)21-86-5)50(79)63-19-41(76)70-47(48(77)28-9-7-6-8-10-28)56-68-36(24-90-56)54-66-34(22-89-54)45-31(52-67-35(23-88-52)49(78)65-33(17-40(75)61-4)55-72-44(27(3)92-55)51(80)71-43)15-16-32(64-45)53-69-39(25-91-53)74(20-42-62-18-37(87-42)60(84)85)58(81)29-11-13-30(14-12-29)59(82)83/h6-10,15-16,18,22-26,29-30,33,43,47-48,77H,11-14,17,19-21H2,1-5H3,(H,61,75)(H,63,79)(H,65,78)(H,70,76)(H,71,80)(H,82,83)(H,84,85)/t29?,30?,33-,43-,47-,48-/m0/s1. The second-order valence-corrected chi connectivity index (χ2v) is 27.7. The number of carboxylic acid groups (broad SMARTS) is 2. The van der Waals surface area contributed by atoms with Crippen molar-refractivity contribution in [1.29, 1.82) is 0 Å². The van der Waals surface area contributed by atoms with Gasteiger partial charge in [0.05, 0.1) is 54.3 Å². The number of anilines is 1. The number of fused-ring (bicyclic) bond motifs is 14. The maximum absolute atomic E-state index is 14.5.